The Kier molecular flexibility index (Phi) is 4.79. The molecule has 0 aromatic carbocycles. The molecular weight excluding hydrogens is 224 g/mol. The average molecular weight is 248 g/mol. The molecule has 1 saturated carbocycles. The van der Waals surface area contributed by atoms with Gasteiger partial charge >= 0.3 is 0 Å². The van der Waals surface area contributed by atoms with Crippen molar-refractivity contribution in [3.8, 4) is 0 Å². The Bertz CT molecular complexity index is 367. The van der Waals surface area contributed by atoms with Crippen LogP contribution in [0.2, 0.25) is 0 Å². The van der Waals surface area contributed by atoms with Crippen LogP contribution < -0.4 is 10.6 Å². The number of hydrogen-bond acceptors (Lipinski definition) is 4. The third kappa shape index (κ3) is 3.86. The molecule has 4 heteroatoms. The summed E-state index contributed by atoms with van der Waals surface area (Å²) in [5, 5.41) is 6.34. The summed E-state index contributed by atoms with van der Waals surface area (Å²) < 4.78 is 0. The van der Waals surface area contributed by atoms with Crippen LogP contribution in [0.25, 0.3) is 0 Å². The van der Waals surface area contributed by atoms with Gasteiger partial charge in [0.05, 0.1) is 0 Å². The Morgan fingerprint density at radius 1 is 1.39 bits per heavy atom. The van der Waals surface area contributed by atoms with Crippen molar-refractivity contribution in [2.24, 2.45) is 11.8 Å². The number of hydrogen-bond donors (Lipinski definition) is 2. The number of anilines is 2. The van der Waals surface area contributed by atoms with Gasteiger partial charge in [-0.1, -0.05) is 26.2 Å². The van der Waals surface area contributed by atoms with E-state index in [-0.39, 0.29) is 0 Å². The molecule has 100 valence electrons. The van der Waals surface area contributed by atoms with E-state index < -0.39 is 0 Å². The van der Waals surface area contributed by atoms with E-state index in [0.717, 1.165) is 24.2 Å². The monoisotopic (exact) mass is 248 g/mol. The fourth-order valence-electron chi connectivity index (χ4n) is 2.80. The summed E-state index contributed by atoms with van der Waals surface area (Å²) in [7, 11) is 1.84. The van der Waals surface area contributed by atoms with Gasteiger partial charge in [0, 0.05) is 19.8 Å². The third-order valence-corrected chi connectivity index (χ3v) is 3.78. The van der Waals surface area contributed by atoms with Crippen LogP contribution in [0.5, 0.6) is 0 Å². The smallest absolute Gasteiger partial charge is 0.224 e. The molecule has 1 heterocycles. The van der Waals surface area contributed by atoms with Gasteiger partial charge in [-0.05, 0) is 30.7 Å². The van der Waals surface area contributed by atoms with Gasteiger partial charge in [-0.3, -0.25) is 0 Å². The van der Waals surface area contributed by atoms with Gasteiger partial charge in [-0.25, -0.2) is 4.98 Å². The van der Waals surface area contributed by atoms with Crippen LogP contribution in [0.15, 0.2) is 12.3 Å². The highest BCUT2D eigenvalue weighted by atomic mass is 15.1. The molecule has 1 fully saturated rings. The van der Waals surface area contributed by atoms with Gasteiger partial charge in [0.25, 0.3) is 0 Å². The van der Waals surface area contributed by atoms with Crippen molar-refractivity contribution in [3.05, 3.63) is 12.3 Å². The minimum atomic E-state index is 0.672. The van der Waals surface area contributed by atoms with Gasteiger partial charge in [0.1, 0.15) is 5.82 Å². The van der Waals surface area contributed by atoms with E-state index in [1.165, 1.54) is 32.1 Å². The SMILES string of the molecule is CNc1nccc(NCCC2CCCC(C)C2)n1. The number of nitrogens with one attached hydrogen (secondary N) is 2. The highest BCUT2D eigenvalue weighted by molar-refractivity contribution is 5.38. The van der Waals surface area contributed by atoms with E-state index in [9.17, 15) is 0 Å². The maximum atomic E-state index is 4.36. The lowest BCUT2D eigenvalue weighted by Gasteiger charge is -2.26. The van der Waals surface area contributed by atoms with E-state index >= 15 is 0 Å². The van der Waals surface area contributed by atoms with Gasteiger partial charge in [0.2, 0.25) is 5.95 Å². The predicted octanol–water partition coefficient (Wildman–Crippen LogP) is 3.15. The van der Waals surface area contributed by atoms with Gasteiger partial charge in [-0.2, -0.15) is 4.98 Å². The molecule has 2 atom stereocenters. The Balaban J connectivity index is 1.74. The summed E-state index contributed by atoms with van der Waals surface area (Å²) in [6.07, 6.45) is 8.66. The Morgan fingerprint density at radius 2 is 2.28 bits per heavy atom. The first-order chi connectivity index (χ1) is 8.78. The Hall–Kier alpha value is -1.32. The minimum absolute atomic E-state index is 0.672. The largest absolute Gasteiger partial charge is 0.370 e. The zero-order chi connectivity index (χ0) is 12.8. The van der Waals surface area contributed by atoms with Crippen LogP contribution in [-0.4, -0.2) is 23.6 Å². The molecular formula is C14H24N4. The van der Waals surface area contributed by atoms with Crippen LogP contribution in [0.4, 0.5) is 11.8 Å². The number of rotatable bonds is 5. The lowest BCUT2D eigenvalue weighted by molar-refractivity contribution is 0.274. The summed E-state index contributed by atoms with van der Waals surface area (Å²) in [5.41, 5.74) is 0. The molecule has 4 nitrogen and oxygen atoms in total. The fraction of sp³-hybridized carbons (Fsp3) is 0.714. The van der Waals surface area contributed by atoms with Gasteiger partial charge in [0.15, 0.2) is 0 Å². The molecule has 0 amide bonds. The molecule has 0 saturated heterocycles. The van der Waals surface area contributed by atoms with Crippen LogP contribution in [0.3, 0.4) is 0 Å². The molecule has 1 aliphatic rings. The first-order valence-electron chi connectivity index (χ1n) is 7.02. The second kappa shape index (κ2) is 6.57. The second-order valence-corrected chi connectivity index (χ2v) is 5.37. The van der Waals surface area contributed by atoms with Crippen molar-refractivity contribution in [1.82, 2.24) is 9.97 Å². The molecule has 0 bridgehead atoms. The highest BCUT2D eigenvalue weighted by Crippen LogP contribution is 2.30. The summed E-state index contributed by atoms with van der Waals surface area (Å²) in [6, 6.07) is 1.92. The molecule has 1 aromatic heterocycles. The van der Waals surface area contributed by atoms with Gasteiger partial charge < -0.3 is 10.6 Å². The molecule has 2 rings (SSSR count). The molecule has 18 heavy (non-hydrogen) atoms. The van der Waals surface area contributed by atoms with Gasteiger partial charge in [-0.15, -0.1) is 0 Å². The van der Waals surface area contributed by atoms with Crippen LogP contribution in [-0.2, 0) is 0 Å². The topological polar surface area (TPSA) is 49.8 Å². The molecule has 1 aliphatic carbocycles. The van der Waals surface area contributed by atoms with E-state index in [1.807, 2.05) is 13.1 Å². The average Bonchev–Trinajstić information content (AvgIpc) is 2.39. The van der Waals surface area contributed by atoms with E-state index in [1.54, 1.807) is 6.20 Å². The number of nitrogens with zero attached hydrogens (tertiary/aromatic N) is 2. The Morgan fingerprint density at radius 3 is 3.06 bits per heavy atom. The lowest BCUT2D eigenvalue weighted by atomic mass is 9.81. The normalized spacial score (nSPS) is 23.7. The van der Waals surface area contributed by atoms with Crippen LogP contribution in [0.1, 0.15) is 39.0 Å². The van der Waals surface area contributed by atoms with E-state index in [0.29, 0.717) is 5.95 Å². The van der Waals surface area contributed by atoms with Crippen LogP contribution >= 0.6 is 0 Å². The van der Waals surface area contributed by atoms with Crippen molar-refractivity contribution >= 4 is 11.8 Å². The molecule has 0 spiro atoms. The summed E-state index contributed by atoms with van der Waals surface area (Å²) in [6.45, 7) is 3.39. The van der Waals surface area contributed by atoms with Crippen LogP contribution in [0, 0.1) is 11.8 Å². The lowest BCUT2D eigenvalue weighted by Crippen LogP contribution is -2.17. The highest BCUT2D eigenvalue weighted by Gasteiger charge is 2.18. The molecule has 2 unspecified atom stereocenters. The van der Waals surface area contributed by atoms with Crippen molar-refractivity contribution < 1.29 is 0 Å². The van der Waals surface area contributed by atoms with E-state index in [2.05, 4.69) is 27.5 Å². The standard InChI is InChI=1S/C14H24N4/c1-11-4-3-5-12(10-11)6-8-16-13-7-9-17-14(15-2)18-13/h7,9,11-12H,3-6,8,10H2,1-2H3,(H2,15,16,17,18). The van der Waals surface area contributed by atoms with Crippen molar-refractivity contribution in [1.29, 1.82) is 0 Å². The van der Waals surface area contributed by atoms with E-state index in [4.69, 9.17) is 0 Å². The Labute approximate surface area is 110 Å². The maximum Gasteiger partial charge on any atom is 0.224 e. The third-order valence-electron chi connectivity index (χ3n) is 3.78. The zero-order valence-electron chi connectivity index (χ0n) is 11.4. The maximum absolute atomic E-state index is 4.36. The first-order valence-corrected chi connectivity index (χ1v) is 7.02. The summed E-state index contributed by atoms with van der Waals surface area (Å²) in [5.74, 6) is 3.40. The zero-order valence-corrected chi connectivity index (χ0v) is 11.4. The quantitative estimate of drug-likeness (QED) is 0.840. The molecule has 0 aliphatic heterocycles. The van der Waals surface area contributed by atoms with Crippen molar-refractivity contribution in [3.63, 3.8) is 0 Å². The predicted molar refractivity (Wildman–Crippen MR) is 75.8 cm³/mol. The van der Waals surface area contributed by atoms with Crippen molar-refractivity contribution in [2.75, 3.05) is 24.2 Å². The second-order valence-electron chi connectivity index (χ2n) is 5.37. The minimum Gasteiger partial charge on any atom is -0.370 e. The summed E-state index contributed by atoms with van der Waals surface area (Å²) >= 11 is 0. The fourth-order valence-corrected chi connectivity index (χ4v) is 2.80. The first kappa shape index (κ1) is 13.1. The molecule has 0 radical (unpaired) electrons. The van der Waals surface area contributed by atoms with Crippen molar-refractivity contribution in [2.45, 2.75) is 39.0 Å². The molecule has 1 aromatic rings. The summed E-state index contributed by atoms with van der Waals surface area (Å²) in [4.78, 5) is 8.46. The number of aromatic nitrogens is 2. The molecule has 2 N–H and O–H groups in total.